The number of allylic oxidation sites excluding steroid dienone is 1. The summed E-state index contributed by atoms with van der Waals surface area (Å²) in [6.45, 7) is 5.13. The zero-order valence-corrected chi connectivity index (χ0v) is 10.7. The normalized spacial score (nSPS) is 19.5. The fourth-order valence-electron chi connectivity index (χ4n) is 2.31. The predicted octanol–water partition coefficient (Wildman–Crippen LogP) is 3.24. The molecule has 2 heterocycles. The van der Waals surface area contributed by atoms with Crippen molar-refractivity contribution in [3.63, 3.8) is 0 Å². The van der Waals surface area contributed by atoms with Gasteiger partial charge in [-0.25, -0.2) is 0 Å². The van der Waals surface area contributed by atoms with E-state index in [0.29, 0.717) is 5.92 Å². The molecule has 3 nitrogen and oxygen atoms in total. The van der Waals surface area contributed by atoms with Gasteiger partial charge in [-0.15, -0.1) is 0 Å². The topological polar surface area (TPSA) is 30.2 Å². The van der Waals surface area contributed by atoms with Gasteiger partial charge in [-0.2, -0.15) is 5.10 Å². The highest BCUT2D eigenvalue weighted by molar-refractivity contribution is 5.97. The lowest BCUT2D eigenvalue weighted by atomic mass is 10.0. The lowest BCUT2D eigenvalue weighted by molar-refractivity contribution is 0.560. The molecule has 1 aromatic heterocycles. The minimum absolute atomic E-state index is 0.243. The van der Waals surface area contributed by atoms with E-state index in [2.05, 4.69) is 59.0 Å². The van der Waals surface area contributed by atoms with Crippen molar-refractivity contribution in [1.29, 1.82) is 0 Å². The van der Waals surface area contributed by atoms with Crippen molar-refractivity contribution in [3.8, 4) is 0 Å². The Labute approximate surface area is 107 Å². The van der Waals surface area contributed by atoms with Crippen molar-refractivity contribution < 1.29 is 0 Å². The van der Waals surface area contributed by atoms with Crippen LogP contribution in [0, 0.1) is 5.92 Å². The summed E-state index contributed by atoms with van der Waals surface area (Å²) in [5, 5.41) is 5.67. The van der Waals surface area contributed by atoms with Gasteiger partial charge in [-0.3, -0.25) is 9.67 Å². The largest absolute Gasteiger partial charge is 0.287 e. The Morgan fingerprint density at radius 3 is 2.83 bits per heavy atom. The maximum absolute atomic E-state index is 4.64. The molecule has 0 spiro atoms. The zero-order chi connectivity index (χ0) is 12.5. The van der Waals surface area contributed by atoms with Crippen LogP contribution in [0.3, 0.4) is 0 Å². The van der Waals surface area contributed by atoms with Crippen molar-refractivity contribution in [3.05, 3.63) is 42.6 Å². The summed E-state index contributed by atoms with van der Waals surface area (Å²) in [5.74, 6) is 0.497. The van der Waals surface area contributed by atoms with Gasteiger partial charge in [0, 0.05) is 11.1 Å². The van der Waals surface area contributed by atoms with Gasteiger partial charge in [-0.05, 0) is 18.1 Å². The second-order valence-electron chi connectivity index (χ2n) is 4.99. The van der Waals surface area contributed by atoms with Crippen LogP contribution in [0.4, 0.5) is 0 Å². The molecule has 0 radical (unpaired) electrons. The first-order chi connectivity index (χ1) is 8.75. The molecule has 0 saturated carbocycles. The number of dihydropyridines is 1. The Bertz CT molecular complexity index is 619. The Hall–Kier alpha value is -1.90. The Kier molecular flexibility index (Phi) is 2.74. The van der Waals surface area contributed by atoms with Crippen LogP contribution in [0.2, 0.25) is 0 Å². The fourth-order valence-corrected chi connectivity index (χ4v) is 2.31. The first-order valence-corrected chi connectivity index (χ1v) is 6.40. The molecule has 3 heteroatoms. The molecule has 0 amide bonds. The molecule has 0 aliphatic carbocycles. The molecule has 0 N–H and O–H groups in total. The molecular formula is C15H17N3. The number of hydrogen-bond acceptors (Lipinski definition) is 2. The highest BCUT2D eigenvalue weighted by Crippen LogP contribution is 2.21. The summed E-state index contributed by atoms with van der Waals surface area (Å²) < 4.78 is 2.06. The third-order valence-corrected chi connectivity index (χ3v) is 3.36. The van der Waals surface area contributed by atoms with Crippen LogP contribution in [0.1, 0.15) is 19.9 Å². The van der Waals surface area contributed by atoms with Crippen LogP contribution in [0.15, 0.2) is 47.6 Å². The molecule has 92 valence electrons. The number of nitrogens with zero attached hydrogens (tertiary/aromatic N) is 3. The van der Waals surface area contributed by atoms with Gasteiger partial charge in [0.15, 0.2) is 0 Å². The highest BCUT2D eigenvalue weighted by Gasteiger charge is 2.15. The van der Waals surface area contributed by atoms with E-state index in [1.807, 2.05) is 12.3 Å². The third-order valence-electron chi connectivity index (χ3n) is 3.36. The minimum Gasteiger partial charge on any atom is -0.287 e. The van der Waals surface area contributed by atoms with E-state index in [4.69, 9.17) is 0 Å². The summed E-state index contributed by atoms with van der Waals surface area (Å²) in [6, 6.07) is 8.54. The average molecular weight is 239 g/mol. The Balaban J connectivity index is 1.92. The number of aliphatic imine (C=N–C) groups is 1. The third kappa shape index (κ3) is 1.86. The SMILES string of the molecule is CC(C)C1=NCC(n2ncc3ccccc32)C=C1. The first kappa shape index (κ1) is 11.2. The second kappa shape index (κ2) is 4.41. The molecule has 0 saturated heterocycles. The van der Waals surface area contributed by atoms with E-state index in [0.717, 1.165) is 6.54 Å². The molecule has 3 rings (SSSR count). The number of benzene rings is 1. The predicted molar refractivity (Wildman–Crippen MR) is 75.1 cm³/mol. The molecule has 1 aliphatic heterocycles. The molecule has 0 bridgehead atoms. The lowest BCUT2D eigenvalue weighted by Crippen LogP contribution is -2.18. The smallest absolute Gasteiger partial charge is 0.0905 e. The lowest BCUT2D eigenvalue weighted by Gasteiger charge is -2.18. The maximum atomic E-state index is 4.64. The molecule has 18 heavy (non-hydrogen) atoms. The van der Waals surface area contributed by atoms with Gasteiger partial charge < -0.3 is 0 Å². The second-order valence-corrected chi connectivity index (χ2v) is 4.99. The highest BCUT2D eigenvalue weighted by atomic mass is 15.3. The van der Waals surface area contributed by atoms with Crippen LogP contribution in [0.5, 0.6) is 0 Å². The minimum atomic E-state index is 0.243. The maximum Gasteiger partial charge on any atom is 0.0905 e. The Morgan fingerprint density at radius 1 is 1.28 bits per heavy atom. The van der Waals surface area contributed by atoms with E-state index in [9.17, 15) is 0 Å². The van der Waals surface area contributed by atoms with Crippen LogP contribution >= 0.6 is 0 Å². The first-order valence-electron chi connectivity index (χ1n) is 6.40. The molecule has 1 aromatic carbocycles. The molecule has 0 fully saturated rings. The zero-order valence-electron chi connectivity index (χ0n) is 10.7. The summed E-state index contributed by atoms with van der Waals surface area (Å²) in [4.78, 5) is 4.64. The van der Waals surface area contributed by atoms with E-state index < -0.39 is 0 Å². The summed E-state index contributed by atoms with van der Waals surface area (Å²) in [6.07, 6.45) is 6.27. The van der Waals surface area contributed by atoms with Crippen molar-refractivity contribution in [2.24, 2.45) is 10.9 Å². The molecule has 1 unspecified atom stereocenters. The van der Waals surface area contributed by atoms with Crippen molar-refractivity contribution in [2.45, 2.75) is 19.9 Å². The van der Waals surface area contributed by atoms with Crippen LogP contribution in [0.25, 0.3) is 10.9 Å². The number of hydrogen-bond donors (Lipinski definition) is 0. The van der Waals surface area contributed by atoms with Gasteiger partial charge in [0.1, 0.15) is 0 Å². The number of aromatic nitrogens is 2. The molecule has 1 atom stereocenters. The van der Waals surface area contributed by atoms with Gasteiger partial charge in [0.2, 0.25) is 0 Å². The number of fused-ring (bicyclic) bond motifs is 1. The standard InChI is InChI=1S/C15H17N3/c1-11(2)14-8-7-13(10-16-14)18-15-6-4-3-5-12(15)9-17-18/h3-9,11,13H,10H2,1-2H3. The summed E-state index contributed by atoms with van der Waals surface area (Å²) >= 11 is 0. The van der Waals surface area contributed by atoms with Crippen LogP contribution < -0.4 is 0 Å². The van der Waals surface area contributed by atoms with Crippen LogP contribution in [-0.4, -0.2) is 22.0 Å². The number of para-hydroxylation sites is 1. The van der Waals surface area contributed by atoms with Crippen molar-refractivity contribution in [2.75, 3.05) is 6.54 Å². The van der Waals surface area contributed by atoms with Crippen LogP contribution in [-0.2, 0) is 0 Å². The van der Waals surface area contributed by atoms with Gasteiger partial charge in [-0.1, -0.05) is 38.1 Å². The summed E-state index contributed by atoms with van der Waals surface area (Å²) in [7, 11) is 0. The summed E-state index contributed by atoms with van der Waals surface area (Å²) in [5.41, 5.74) is 2.36. The van der Waals surface area contributed by atoms with E-state index >= 15 is 0 Å². The van der Waals surface area contributed by atoms with E-state index in [1.54, 1.807) is 0 Å². The Morgan fingerprint density at radius 2 is 2.11 bits per heavy atom. The van der Waals surface area contributed by atoms with Crippen molar-refractivity contribution in [1.82, 2.24) is 9.78 Å². The van der Waals surface area contributed by atoms with Gasteiger partial charge >= 0.3 is 0 Å². The number of rotatable bonds is 2. The monoisotopic (exact) mass is 239 g/mol. The van der Waals surface area contributed by atoms with Gasteiger partial charge in [0.05, 0.1) is 24.3 Å². The molecule has 1 aliphatic rings. The quantitative estimate of drug-likeness (QED) is 0.791. The fraction of sp³-hybridized carbons (Fsp3) is 0.333. The van der Waals surface area contributed by atoms with E-state index in [-0.39, 0.29) is 6.04 Å². The molecule has 2 aromatic rings. The van der Waals surface area contributed by atoms with Gasteiger partial charge in [0.25, 0.3) is 0 Å². The van der Waals surface area contributed by atoms with E-state index in [1.165, 1.54) is 16.6 Å². The molecular weight excluding hydrogens is 222 g/mol. The van der Waals surface area contributed by atoms with Crippen molar-refractivity contribution >= 4 is 16.6 Å². The average Bonchev–Trinajstić information content (AvgIpc) is 2.82.